The predicted molar refractivity (Wildman–Crippen MR) is 81.1 cm³/mol. The van der Waals surface area contributed by atoms with Gasteiger partial charge in [-0.15, -0.1) is 0 Å². The lowest BCUT2D eigenvalue weighted by molar-refractivity contribution is -0.136. The first-order chi connectivity index (χ1) is 10.2. The number of carbonyl (C=O) groups is 1. The van der Waals surface area contributed by atoms with E-state index in [4.69, 9.17) is 9.84 Å². The van der Waals surface area contributed by atoms with E-state index in [-0.39, 0.29) is 29.4 Å². The molecule has 0 amide bonds. The van der Waals surface area contributed by atoms with Crippen molar-refractivity contribution >= 4 is 16.0 Å². The molecule has 1 atom stereocenters. The Morgan fingerprint density at radius 3 is 2.50 bits per heavy atom. The Hall–Kier alpha value is -1.44. The summed E-state index contributed by atoms with van der Waals surface area (Å²) in [6, 6.07) is 5.86. The van der Waals surface area contributed by atoms with Gasteiger partial charge in [0.1, 0.15) is 0 Å². The van der Waals surface area contributed by atoms with Gasteiger partial charge in [-0.25, -0.2) is 13.1 Å². The van der Waals surface area contributed by atoms with E-state index in [1.165, 1.54) is 24.3 Å². The number of ether oxygens (including phenoxy) is 1. The molecule has 1 unspecified atom stereocenters. The molecule has 1 aliphatic rings. The summed E-state index contributed by atoms with van der Waals surface area (Å²) in [5.74, 6) is -0.950. The smallest absolute Gasteiger partial charge is 0.307 e. The summed E-state index contributed by atoms with van der Waals surface area (Å²) >= 11 is 0. The molecular formula is C15H21NO5S. The van der Waals surface area contributed by atoms with Gasteiger partial charge in [0, 0.05) is 13.2 Å². The maximum atomic E-state index is 12.3. The fourth-order valence-electron chi connectivity index (χ4n) is 2.42. The van der Waals surface area contributed by atoms with Gasteiger partial charge >= 0.3 is 5.97 Å². The Kier molecular flexibility index (Phi) is 4.89. The Labute approximate surface area is 130 Å². The lowest BCUT2D eigenvalue weighted by Crippen LogP contribution is -2.38. The van der Waals surface area contributed by atoms with Gasteiger partial charge < -0.3 is 9.84 Å². The maximum absolute atomic E-state index is 12.3. The zero-order chi connectivity index (χ0) is 16.4. The molecule has 1 aromatic carbocycles. The number of carboxylic acid groups (broad SMARTS) is 1. The van der Waals surface area contributed by atoms with Gasteiger partial charge in [-0.3, -0.25) is 4.79 Å². The highest BCUT2D eigenvalue weighted by Crippen LogP contribution is 2.33. The molecule has 2 rings (SSSR count). The molecule has 0 spiro atoms. The van der Waals surface area contributed by atoms with Crippen LogP contribution in [-0.4, -0.2) is 38.7 Å². The van der Waals surface area contributed by atoms with Crippen LogP contribution >= 0.6 is 0 Å². The zero-order valence-corrected chi connectivity index (χ0v) is 13.5. The molecular weight excluding hydrogens is 306 g/mol. The molecule has 1 aliphatic heterocycles. The van der Waals surface area contributed by atoms with Gasteiger partial charge in [0.15, 0.2) is 0 Å². The first-order valence-electron chi connectivity index (χ1n) is 7.13. The van der Waals surface area contributed by atoms with Crippen LogP contribution in [-0.2, 0) is 26.0 Å². The van der Waals surface area contributed by atoms with Crippen molar-refractivity contribution in [2.24, 2.45) is 5.41 Å². The van der Waals surface area contributed by atoms with Gasteiger partial charge in [0.2, 0.25) is 10.0 Å². The predicted octanol–water partition coefficient (Wildman–Crippen LogP) is 1.41. The normalized spacial score (nSPS) is 20.9. The SMILES string of the molecule is CC1(C)CCOC1CNS(=O)(=O)c1ccc(CC(=O)O)cc1. The van der Waals surface area contributed by atoms with Crippen LogP contribution < -0.4 is 4.72 Å². The van der Waals surface area contributed by atoms with E-state index < -0.39 is 16.0 Å². The van der Waals surface area contributed by atoms with Crippen LogP contribution in [0.3, 0.4) is 0 Å². The largest absolute Gasteiger partial charge is 0.481 e. The van der Waals surface area contributed by atoms with E-state index in [2.05, 4.69) is 18.6 Å². The summed E-state index contributed by atoms with van der Waals surface area (Å²) in [5, 5.41) is 8.71. The highest BCUT2D eigenvalue weighted by molar-refractivity contribution is 7.89. The summed E-state index contributed by atoms with van der Waals surface area (Å²) in [7, 11) is -3.62. The van der Waals surface area contributed by atoms with Crippen LogP contribution in [0.1, 0.15) is 25.8 Å². The molecule has 1 fully saturated rings. The van der Waals surface area contributed by atoms with Crippen LogP contribution in [0.5, 0.6) is 0 Å². The number of hydrogen-bond donors (Lipinski definition) is 2. The molecule has 6 nitrogen and oxygen atoms in total. The van der Waals surface area contributed by atoms with E-state index in [0.717, 1.165) is 6.42 Å². The van der Waals surface area contributed by atoms with Crippen molar-refractivity contribution in [2.75, 3.05) is 13.2 Å². The van der Waals surface area contributed by atoms with Crippen LogP contribution in [0.4, 0.5) is 0 Å². The second kappa shape index (κ2) is 6.36. The quantitative estimate of drug-likeness (QED) is 0.824. The van der Waals surface area contributed by atoms with Crippen LogP contribution in [0, 0.1) is 5.41 Å². The molecule has 1 aromatic rings. The molecule has 22 heavy (non-hydrogen) atoms. The first kappa shape index (κ1) is 16.9. The number of benzene rings is 1. The first-order valence-corrected chi connectivity index (χ1v) is 8.61. The van der Waals surface area contributed by atoms with Crippen molar-refractivity contribution in [3.8, 4) is 0 Å². The highest BCUT2D eigenvalue weighted by Gasteiger charge is 2.36. The van der Waals surface area contributed by atoms with Gasteiger partial charge in [0.05, 0.1) is 17.4 Å². The van der Waals surface area contributed by atoms with E-state index >= 15 is 0 Å². The topological polar surface area (TPSA) is 92.7 Å². The Morgan fingerprint density at radius 2 is 2.00 bits per heavy atom. The summed E-state index contributed by atoms with van der Waals surface area (Å²) in [5.41, 5.74) is 0.514. The lowest BCUT2D eigenvalue weighted by atomic mass is 9.86. The summed E-state index contributed by atoms with van der Waals surface area (Å²) < 4.78 is 32.6. The van der Waals surface area contributed by atoms with Crippen LogP contribution in [0.25, 0.3) is 0 Å². The average molecular weight is 327 g/mol. The minimum atomic E-state index is -3.62. The third-order valence-corrected chi connectivity index (χ3v) is 5.42. The van der Waals surface area contributed by atoms with Crippen molar-refractivity contribution < 1.29 is 23.1 Å². The van der Waals surface area contributed by atoms with Crippen molar-refractivity contribution in [3.05, 3.63) is 29.8 Å². The van der Waals surface area contributed by atoms with E-state index in [1.807, 2.05) is 0 Å². The minimum Gasteiger partial charge on any atom is -0.481 e. The molecule has 1 saturated heterocycles. The van der Waals surface area contributed by atoms with Crippen LogP contribution in [0.15, 0.2) is 29.2 Å². The summed E-state index contributed by atoms with van der Waals surface area (Å²) in [4.78, 5) is 10.7. The second-order valence-electron chi connectivity index (χ2n) is 6.16. The van der Waals surface area contributed by atoms with E-state index in [1.54, 1.807) is 0 Å². The minimum absolute atomic E-state index is 0.0478. The molecule has 1 heterocycles. The van der Waals surface area contributed by atoms with Crippen molar-refractivity contribution in [1.29, 1.82) is 0 Å². The number of hydrogen-bond acceptors (Lipinski definition) is 4. The average Bonchev–Trinajstić information content (AvgIpc) is 2.75. The maximum Gasteiger partial charge on any atom is 0.307 e. The molecule has 122 valence electrons. The van der Waals surface area contributed by atoms with Gasteiger partial charge in [-0.1, -0.05) is 26.0 Å². The fraction of sp³-hybridized carbons (Fsp3) is 0.533. The Morgan fingerprint density at radius 1 is 1.36 bits per heavy atom. The third-order valence-electron chi connectivity index (χ3n) is 3.98. The number of carboxylic acids is 1. The van der Waals surface area contributed by atoms with Gasteiger partial charge in [-0.2, -0.15) is 0 Å². The van der Waals surface area contributed by atoms with Gasteiger partial charge in [0.25, 0.3) is 0 Å². The number of rotatable bonds is 6. The standard InChI is InChI=1S/C15H21NO5S/c1-15(2)7-8-21-13(15)10-16-22(19,20)12-5-3-11(4-6-12)9-14(17)18/h3-6,13,16H,7-10H2,1-2H3,(H,17,18). The summed E-state index contributed by atoms with van der Waals surface area (Å²) in [6.07, 6.45) is 0.634. The zero-order valence-electron chi connectivity index (χ0n) is 12.7. The number of sulfonamides is 1. The van der Waals surface area contributed by atoms with Crippen molar-refractivity contribution in [3.63, 3.8) is 0 Å². The monoisotopic (exact) mass is 327 g/mol. The Bertz CT molecular complexity index is 636. The van der Waals surface area contributed by atoms with E-state index in [0.29, 0.717) is 12.2 Å². The molecule has 0 bridgehead atoms. The number of nitrogens with one attached hydrogen (secondary N) is 1. The third kappa shape index (κ3) is 4.06. The second-order valence-corrected chi connectivity index (χ2v) is 7.93. The van der Waals surface area contributed by atoms with E-state index in [9.17, 15) is 13.2 Å². The number of aliphatic carboxylic acids is 1. The van der Waals surface area contributed by atoms with Crippen LogP contribution in [0.2, 0.25) is 0 Å². The molecule has 0 aliphatic carbocycles. The lowest BCUT2D eigenvalue weighted by Gasteiger charge is -2.25. The molecule has 7 heteroatoms. The molecule has 2 N–H and O–H groups in total. The molecule has 0 radical (unpaired) electrons. The van der Waals surface area contributed by atoms with Gasteiger partial charge in [-0.05, 0) is 29.5 Å². The Balaban J connectivity index is 2.02. The summed E-state index contributed by atoms with van der Waals surface area (Å²) in [6.45, 7) is 4.98. The highest BCUT2D eigenvalue weighted by atomic mass is 32.2. The molecule has 0 aromatic heterocycles. The van der Waals surface area contributed by atoms with Crippen molar-refractivity contribution in [2.45, 2.75) is 37.7 Å². The fourth-order valence-corrected chi connectivity index (χ4v) is 3.45. The van der Waals surface area contributed by atoms with Crippen molar-refractivity contribution in [1.82, 2.24) is 4.72 Å². The molecule has 0 saturated carbocycles.